The third-order valence-electron chi connectivity index (χ3n) is 6.09. The highest BCUT2D eigenvalue weighted by molar-refractivity contribution is 6.42. The van der Waals surface area contributed by atoms with Crippen LogP contribution in [0.15, 0.2) is 42.5 Å². The van der Waals surface area contributed by atoms with Crippen LogP contribution in [0.25, 0.3) is 0 Å². The average Bonchev–Trinajstić information content (AvgIpc) is 2.80. The number of hydrogen-bond acceptors (Lipinski definition) is 4. The normalized spacial score (nSPS) is 17.9. The van der Waals surface area contributed by atoms with Gasteiger partial charge in [0.15, 0.2) is 0 Å². The van der Waals surface area contributed by atoms with Crippen molar-refractivity contribution in [2.45, 2.75) is 25.7 Å². The highest BCUT2D eigenvalue weighted by atomic mass is 35.5. The van der Waals surface area contributed by atoms with E-state index in [-0.39, 0.29) is 0 Å². The van der Waals surface area contributed by atoms with Crippen molar-refractivity contribution in [3.8, 4) is 5.75 Å². The van der Waals surface area contributed by atoms with Gasteiger partial charge in [0.25, 0.3) is 0 Å². The second-order valence-corrected chi connectivity index (χ2v) is 8.99. The molecule has 2 aromatic carbocycles. The minimum absolute atomic E-state index is 0.604. The second kappa shape index (κ2) is 10.6. The predicted octanol–water partition coefficient (Wildman–Crippen LogP) is 5.57. The average molecular weight is 448 g/mol. The van der Waals surface area contributed by atoms with E-state index in [1.807, 2.05) is 18.2 Å². The number of ether oxygens (including phenoxy) is 1. The third-order valence-corrected chi connectivity index (χ3v) is 6.82. The topological polar surface area (TPSA) is 19.0 Å². The van der Waals surface area contributed by atoms with Gasteiger partial charge in [0.05, 0.1) is 16.7 Å². The predicted molar refractivity (Wildman–Crippen MR) is 128 cm³/mol. The van der Waals surface area contributed by atoms with E-state index in [0.29, 0.717) is 10.0 Å². The fourth-order valence-electron chi connectivity index (χ4n) is 4.32. The van der Waals surface area contributed by atoms with E-state index < -0.39 is 0 Å². The zero-order chi connectivity index (χ0) is 20.8. The molecule has 0 atom stereocenters. The Hall–Kier alpha value is -1.62. The Morgan fingerprint density at radius 1 is 0.700 bits per heavy atom. The van der Waals surface area contributed by atoms with Crippen molar-refractivity contribution < 1.29 is 4.74 Å². The molecule has 4 rings (SSSR count). The summed E-state index contributed by atoms with van der Waals surface area (Å²) < 4.78 is 5.96. The minimum atomic E-state index is 0.604. The van der Waals surface area contributed by atoms with Crippen molar-refractivity contribution >= 4 is 34.6 Å². The summed E-state index contributed by atoms with van der Waals surface area (Å²) in [7, 11) is 0. The van der Waals surface area contributed by atoms with Crippen LogP contribution in [0.5, 0.6) is 5.75 Å². The lowest BCUT2D eigenvalue weighted by Crippen LogP contribution is -2.46. The fraction of sp³-hybridized carbons (Fsp3) is 0.500. The number of anilines is 2. The maximum Gasteiger partial charge on any atom is 0.119 e. The zero-order valence-corrected chi connectivity index (χ0v) is 19.0. The van der Waals surface area contributed by atoms with E-state index in [9.17, 15) is 0 Å². The third kappa shape index (κ3) is 5.75. The molecule has 0 spiro atoms. The number of likely N-dealkylation sites (tertiary alicyclic amines) is 1. The molecule has 2 aromatic rings. The number of rotatable bonds is 7. The highest BCUT2D eigenvalue weighted by Gasteiger charge is 2.18. The van der Waals surface area contributed by atoms with Crippen LogP contribution in [0.4, 0.5) is 11.4 Å². The molecule has 6 heteroatoms. The summed E-state index contributed by atoms with van der Waals surface area (Å²) in [5.74, 6) is 0.965. The molecular weight excluding hydrogens is 417 g/mol. The standard InChI is InChI=1S/C24H31Cl2N3O/c25-23-10-7-21(19-24(23)26)29-16-14-28(15-17-29)20-5-8-22(9-6-20)30-18-4-13-27-11-2-1-3-12-27/h5-10,19H,1-4,11-18H2. The van der Waals surface area contributed by atoms with Crippen molar-refractivity contribution in [1.29, 1.82) is 0 Å². The Morgan fingerprint density at radius 2 is 1.33 bits per heavy atom. The van der Waals surface area contributed by atoms with Gasteiger partial charge in [-0.1, -0.05) is 29.6 Å². The van der Waals surface area contributed by atoms with Gasteiger partial charge in [0.1, 0.15) is 5.75 Å². The number of piperazine rings is 1. The van der Waals surface area contributed by atoms with Gasteiger partial charge in [-0.15, -0.1) is 0 Å². The van der Waals surface area contributed by atoms with Crippen LogP contribution in [0.1, 0.15) is 25.7 Å². The highest BCUT2D eigenvalue weighted by Crippen LogP contribution is 2.28. The van der Waals surface area contributed by atoms with Crippen LogP contribution in [0, 0.1) is 0 Å². The Balaban J connectivity index is 1.21. The molecule has 0 N–H and O–H groups in total. The maximum atomic E-state index is 6.17. The van der Waals surface area contributed by atoms with E-state index in [1.54, 1.807) is 0 Å². The van der Waals surface area contributed by atoms with Gasteiger partial charge < -0.3 is 19.4 Å². The molecule has 0 radical (unpaired) electrons. The number of piperidine rings is 1. The van der Waals surface area contributed by atoms with Gasteiger partial charge in [-0.3, -0.25) is 0 Å². The van der Waals surface area contributed by atoms with Crippen LogP contribution >= 0.6 is 23.2 Å². The molecule has 0 bridgehead atoms. The molecule has 0 unspecified atom stereocenters. The Bertz CT molecular complexity index is 801. The van der Waals surface area contributed by atoms with E-state index in [2.05, 4.69) is 39.0 Å². The van der Waals surface area contributed by atoms with Crippen molar-refractivity contribution in [2.24, 2.45) is 0 Å². The van der Waals surface area contributed by atoms with Crippen LogP contribution in [-0.4, -0.2) is 57.3 Å². The van der Waals surface area contributed by atoms with Gasteiger partial charge in [-0.25, -0.2) is 0 Å². The lowest BCUT2D eigenvalue weighted by molar-refractivity contribution is 0.205. The molecular formula is C24H31Cl2N3O. The van der Waals surface area contributed by atoms with Crippen LogP contribution in [-0.2, 0) is 0 Å². The van der Waals surface area contributed by atoms with Crippen molar-refractivity contribution in [3.63, 3.8) is 0 Å². The van der Waals surface area contributed by atoms with Crippen molar-refractivity contribution in [2.75, 3.05) is 62.2 Å². The van der Waals surface area contributed by atoms with E-state index in [0.717, 1.165) is 57.2 Å². The number of halogens is 2. The molecule has 2 aliphatic heterocycles. The number of hydrogen-bond donors (Lipinski definition) is 0. The first-order valence-electron chi connectivity index (χ1n) is 11.1. The summed E-state index contributed by atoms with van der Waals surface area (Å²) in [4.78, 5) is 7.35. The second-order valence-electron chi connectivity index (χ2n) is 8.17. The number of benzene rings is 2. The monoisotopic (exact) mass is 447 g/mol. The molecule has 0 aromatic heterocycles. The summed E-state index contributed by atoms with van der Waals surface area (Å²) in [5.41, 5.74) is 2.39. The smallest absolute Gasteiger partial charge is 0.119 e. The molecule has 2 saturated heterocycles. The van der Waals surface area contributed by atoms with Gasteiger partial charge in [0, 0.05) is 44.1 Å². The summed E-state index contributed by atoms with van der Waals surface area (Å²) >= 11 is 12.2. The van der Waals surface area contributed by atoms with E-state index in [4.69, 9.17) is 27.9 Å². The largest absolute Gasteiger partial charge is 0.494 e. The summed E-state index contributed by atoms with van der Waals surface area (Å²) in [6.45, 7) is 8.35. The van der Waals surface area contributed by atoms with Gasteiger partial charge >= 0.3 is 0 Å². The van der Waals surface area contributed by atoms with Crippen LogP contribution in [0.3, 0.4) is 0 Å². The summed E-state index contributed by atoms with van der Waals surface area (Å²) in [6.07, 6.45) is 5.19. The molecule has 2 heterocycles. The summed E-state index contributed by atoms with van der Waals surface area (Å²) in [5, 5.41) is 1.22. The molecule has 30 heavy (non-hydrogen) atoms. The molecule has 0 saturated carbocycles. The maximum absolute atomic E-state index is 6.17. The lowest BCUT2D eigenvalue weighted by Gasteiger charge is -2.37. The lowest BCUT2D eigenvalue weighted by atomic mass is 10.1. The van der Waals surface area contributed by atoms with Crippen LogP contribution < -0.4 is 14.5 Å². The Labute approximate surface area is 190 Å². The number of nitrogens with zero attached hydrogens (tertiary/aromatic N) is 3. The SMILES string of the molecule is Clc1ccc(N2CCN(c3ccc(OCCCN4CCCCC4)cc3)CC2)cc1Cl. The first kappa shape index (κ1) is 21.6. The first-order valence-corrected chi connectivity index (χ1v) is 11.8. The molecule has 0 aliphatic carbocycles. The molecule has 2 aliphatic rings. The van der Waals surface area contributed by atoms with Crippen molar-refractivity contribution in [1.82, 2.24) is 4.90 Å². The Morgan fingerprint density at radius 3 is 2.00 bits per heavy atom. The van der Waals surface area contributed by atoms with E-state index in [1.165, 1.54) is 38.0 Å². The molecule has 162 valence electrons. The Kier molecular flexibility index (Phi) is 7.64. The molecule has 0 amide bonds. The first-order chi connectivity index (χ1) is 14.7. The van der Waals surface area contributed by atoms with Gasteiger partial charge in [-0.2, -0.15) is 0 Å². The quantitative estimate of drug-likeness (QED) is 0.515. The van der Waals surface area contributed by atoms with Gasteiger partial charge in [-0.05, 0) is 74.8 Å². The van der Waals surface area contributed by atoms with E-state index >= 15 is 0 Å². The molecule has 4 nitrogen and oxygen atoms in total. The summed E-state index contributed by atoms with van der Waals surface area (Å²) in [6, 6.07) is 14.4. The van der Waals surface area contributed by atoms with Crippen molar-refractivity contribution in [3.05, 3.63) is 52.5 Å². The van der Waals surface area contributed by atoms with Crippen LogP contribution in [0.2, 0.25) is 10.0 Å². The fourth-order valence-corrected chi connectivity index (χ4v) is 4.61. The minimum Gasteiger partial charge on any atom is -0.494 e. The zero-order valence-electron chi connectivity index (χ0n) is 17.5. The van der Waals surface area contributed by atoms with Gasteiger partial charge in [0.2, 0.25) is 0 Å². The molecule has 2 fully saturated rings.